The zero-order chi connectivity index (χ0) is 14.3. The SMILES string of the molecule is CCCNc1cc(NCC(C)(O)CN(C)C)ccn1. The Kier molecular flexibility index (Phi) is 6.05. The Balaban J connectivity index is 2.52. The fraction of sp³-hybridized carbons (Fsp3) is 0.643. The summed E-state index contributed by atoms with van der Waals surface area (Å²) in [6.45, 7) is 5.98. The molecule has 1 aromatic rings. The summed E-state index contributed by atoms with van der Waals surface area (Å²) in [7, 11) is 3.90. The fourth-order valence-electron chi connectivity index (χ4n) is 1.92. The average Bonchev–Trinajstić information content (AvgIpc) is 2.33. The van der Waals surface area contributed by atoms with Crippen LogP contribution in [0.15, 0.2) is 18.3 Å². The summed E-state index contributed by atoms with van der Waals surface area (Å²) in [5.41, 5.74) is 0.205. The Labute approximate surface area is 116 Å². The van der Waals surface area contributed by atoms with Crippen LogP contribution in [-0.4, -0.2) is 54.3 Å². The highest BCUT2D eigenvalue weighted by atomic mass is 16.3. The summed E-state index contributed by atoms with van der Waals surface area (Å²) in [6, 6.07) is 3.87. The van der Waals surface area contributed by atoms with Crippen molar-refractivity contribution in [3.05, 3.63) is 18.3 Å². The third-order valence-corrected chi connectivity index (χ3v) is 2.65. The van der Waals surface area contributed by atoms with Gasteiger partial charge in [0.15, 0.2) is 0 Å². The molecule has 1 heterocycles. The number of aliphatic hydroxyl groups is 1. The van der Waals surface area contributed by atoms with Crippen LogP contribution in [-0.2, 0) is 0 Å². The smallest absolute Gasteiger partial charge is 0.127 e. The maximum Gasteiger partial charge on any atom is 0.127 e. The number of hydrogen-bond acceptors (Lipinski definition) is 5. The third-order valence-electron chi connectivity index (χ3n) is 2.65. The fourth-order valence-corrected chi connectivity index (χ4v) is 1.92. The van der Waals surface area contributed by atoms with Crippen molar-refractivity contribution in [1.29, 1.82) is 0 Å². The molecule has 0 saturated carbocycles. The Bertz CT molecular complexity index is 379. The predicted molar refractivity (Wildman–Crippen MR) is 80.7 cm³/mol. The van der Waals surface area contributed by atoms with Gasteiger partial charge in [0.05, 0.1) is 5.60 Å². The van der Waals surface area contributed by atoms with Crippen LogP contribution in [0.4, 0.5) is 11.5 Å². The number of hydrogen-bond donors (Lipinski definition) is 3. The lowest BCUT2D eigenvalue weighted by Gasteiger charge is -2.27. The monoisotopic (exact) mass is 266 g/mol. The van der Waals surface area contributed by atoms with Crippen molar-refractivity contribution in [3.8, 4) is 0 Å². The standard InChI is InChI=1S/C14H26N4O/c1-5-7-15-13-9-12(6-8-16-13)17-10-14(2,19)11-18(3)4/h6,8-9,19H,5,7,10-11H2,1-4H3,(H2,15,16,17). The van der Waals surface area contributed by atoms with Crippen molar-refractivity contribution in [2.24, 2.45) is 0 Å². The van der Waals surface area contributed by atoms with Crippen LogP contribution in [0, 0.1) is 0 Å². The molecule has 0 aromatic carbocycles. The lowest BCUT2D eigenvalue weighted by atomic mass is 10.1. The number of anilines is 2. The van der Waals surface area contributed by atoms with E-state index in [1.807, 2.05) is 38.1 Å². The summed E-state index contributed by atoms with van der Waals surface area (Å²) in [5, 5.41) is 16.7. The number of nitrogens with zero attached hydrogens (tertiary/aromatic N) is 2. The van der Waals surface area contributed by atoms with Crippen molar-refractivity contribution in [3.63, 3.8) is 0 Å². The molecular weight excluding hydrogens is 240 g/mol. The number of aromatic nitrogens is 1. The van der Waals surface area contributed by atoms with E-state index in [2.05, 4.69) is 22.5 Å². The second kappa shape index (κ2) is 7.31. The van der Waals surface area contributed by atoms with Crippen molar-refractivity contribution in [2.45, 2.75) is 25.9 Å². The van der Waals surface area contributed by atoms with Crippen molar-refractivity contribution < 1.29 is 5.11 Å². The Morgan fingerprint density at radius 1 is 1.37 bits per heavy atom. The number of pyridine rings is 1. The number of likely N-dealkylation sites (N-methyl/N-ethyl adjacent to an activating group) is 1. The van der Waals surface area contributed by atoms with Gasteiger partial charge in [-0.1, -0.05) is 6.92 Å². The Morgan fingerprint density at radius 2 is 2.11 bits per heavy atom. The first-order valence-corrected chi connectivity index (χ1v) is 6.74. The van der Waals surface area contributed by atoms with E-state index in [1.165, 1.54) is 0 Å². The molecule has 0 amide bonds. The highest BCUT2D eigenvalue weighted by molar-refractivity contribution is 5.51. The van der Waals surface area contributed by atoms with Gasteiger partial charge in [0.2, 0.25) is 0 Å². The first kappa shape index (κ1) is 15.7. The summed E-state index contributed by atoms with van der Waals surface area (Å²) < 4.78 is 0. The molecule has 0 bridgehead atoms. The lowest BCUT2D eigenvalue weighted by molar-refractivity contribution is 0.0460. The lowest BCUT2D eigenvalue weighted by Crippen LogP contribution is -2.43. The second-order valence-corrected chi connectivity index (χ2v) is 5.44. The second-order valence-electron chi connectivity index (χ2n) is 5.44. The molecule has 5 nitrogen and oxygen atoms in total. The zero-order valence-corrected chi connectivity index (χ0v) is 12.4. The maximum atomic E-state index is 10.2. The minimum atomic E-state index is -0.760. The van der Waals surface area contributed by atoms with Gasteiger partial charge in [0, 0.05) is 37.6 Å². The van der Waals surface area contributed by atoms with Crippen LogP contribution >= 0.6 is 0 Å². The third kappa shape index (κ3) is 6.40. The van der Waals surface area contributed by atoms with Crippen LogP contribution in [0.2, 0.25) is 0 Å². The first-order valence-electron chi connectivity index (χ1n) is 6.74. The highest BCUT2D eigenvalue weighted by Gasteiger charge is 2.20. The van der Waals surface area contributed by atoms with Gasteiger partial charge in [-0.05, 0) is 33.5 Å². The van der Waals surface area contributed by atoms with Gasteiger partial charge in [0.25, 0.3) is 0 Å². The van der Waals surface area contributed by atoms with Crippen LogP contribution in [0.3, 0.4) is 0 Å². The van der Waals surface area contributed by atoms with Gasteiger partial charge in [-0.25, -0.2) is 4.98 Å². The molecule has 0 spiro atoms. The molecule has 1 rings (SSSR count). The van der Waals surface area contributed by atoms with Gasteiger partial charge in [-0.3, -0.25) is 0 Å². The molecule has 0 radical (unpaired) electrons. The molecule has 0 aliphatic carbocycles. The van der Waals surface area contributed by atoms with Gasteiger partial charge >= 0.3 is 0 Å². The largest absolute Gasteiger partial charge is 0.387 e. The summed E-state index contributed by atoms with van der Waals surface area (Å²) in [6.07, 6.45) is 2.83. The molecule has 1 unspecified atom stereocenters. The number of nitrogens with one attached hydrogen (secondary N) is 2. The van der Waals surface area contributed by atoms with Gasteiger partial charge in [-0.15, -0.1) is 0 Å². The molecule has 1 aromatic heterocycles. The molecule has 5 heteroatoms. The van der Waals surface area contributed by atoms with E-state index in [-0.39, 0.29) is 0 Å². The summed E-state index contributed by atoms with van der Waals surface area (Å²) in [4.78, 5) is 6.22. The van der Waals surface area contributed by atoms with E-state index in [0.717, 1.165) is 24.5 Å². The maximum absolute atomic E-state index is 10.2. The van der Waals surface area contributed by atoms with Crippen molar-refractivity contribution in [1.82, 2.24) is 9.88 Å². The van der Waals surface area contributed by atoms with E-state index < -0.39 is 5.60 Å². The quantitative estimate of drug-likeness (QED) is 0.667. The van der Waals surface area contributed by atoms with Crippen LogP contribution in [0.1, 0.15) is 20.3 Å². The molecule has 19 heavy (non-hydrogen) atoms. The first-order chi connectivity index (χ1) is 8.93. The van der Waals surface area contributed by atoms with E-state index in [0.29, 0.717) is 13.1 Å². The average molecular weight is 266 g/mol. The normalized spacial score (nSPS) is 14.2. The summed E-state index contributed by atoms with van der Waals surface area (Å²) >= 11 is 0. The van der Waals surface area contributed by atoms with E-state index in [4.69, 9.17) is 0 Å². The minimum absolute atomic E-state index is 0.502. The molecule has 0 saturated heterocycles. The van der Waals surface area contributed by atoms with Crippen LogP contribution < -0.4 is 10.6 Å². The topological polar surface area (TPSA) is 60.4 Å². The molecule has 0 fully saturated rings. The van der Waals surface area contributed by atoms with Crippen LogP contribution in [0.25, 0.3) is 0 Å². The Hall–Kier alpha value is -1.33. The predicted octanol–water partition coefficient (Wildman–Crippen LogP) is 1.63. The van der Waals surface area contributed by atoms with Gasteiger partial charge in [0.1, 0.15) is 5.82 Å². The van der Waals surface area contributed by atoms with Crippen LogP contribution in [0.5, 0.6) is 0 Å². The van der Waals surface area contributed by atoms with E-state index in [1.54, 1.807) is 6.20 Å². The molecule has 1 atom stereocenters. The van der Waals surface area contributed by atoms with E-state index in [9.17, 15) is 5.11 Å². The molecule has 0 aliphatic rings. The minimum Gasteiger partial charge on any atom is -0.387 e. The van der Waals surface area contributed by atoms with Crippen molar-refractivity contribution >= 4 is 11.5 Å². The molecule has 0 aliphatic heterocycles. The molecular formula is C14H26N4O. The zero-order valence-electron chi connectivity index (χ0n) is 12.4. The molecule has 108 valence electrons. The highest BCUT2D eigenvalue weighted by Crippen LogP contribution is 2.14. The van der Waals surface area contributed by atoms with Gasteiger partial charge in [-0.2, -0.15) is 0 Å². The van der Waals surface area contributed by atoms with Crippen molar-refractivity contribution in [2.75, 3.05) is 44.4 Å². The number of rotatable bonds is 8. The van der Waals surface area contributed by atoms with E-state index >= 15 is 0 Å². The Morgan fingerprint density at radius 3 is 2.74 bits per heavy atom. The summed E-state index contributed by atoms with van der Waals surface area (Å²) in [5.74, 6) is 0.860. The molecule has 3 N–H and O–H groups in total. The van der Waals surface area contributed by atoms with Gasteiger partial charge < -0.3 is 20.6 Å².